The Hall–Kier alpha value is -2.44. The molecular weight excluding hydrogens is 263 g/mol. The maximum Gasteiger partial charge on any atom is 0.416 e. The number of furan rings is 1. The minimum atomic E-state index is -4.43. The van der Waals surface area contributed by atoms with E-state index < -0.39 is 17.7 Å². The van der Waals surface area contributed by atoms with E-state index in [2.05, 4.69) is 0 Å². The van der Waals surface area contributed by atoms with Crippen molar-refractivity contribution in [2.75, 3.05) is 5.73 Å². The number of anilines is 1. The Morgan fingerprint density at radius 3 is 2.26 bits per heavy atom. The smallest absolute Gasteiger partial charge is 0.416 e. The first kappa shape index (κ1) is 13.0. The summed E-state index contributed by atoms with van der Waals surface area (Å²) < 4.78 is 46.5. The second kappa shape index (κ2) is 4.68. The van der Waals surface area contributed by atoms with Crippen LogP contribution in [-0.4, -0.2) is 5.97 Å². The van der Waals surface area contributed by atoms with Crippen LogP contribution in [-0.2, 0) is 6.18 Å². The lowest BCUT2D eigenvalue weighted by Crippen LogP contribution is -2.10. The van der Waals surface area contributed by atoms with Gasteiger partial charge >= 0.3 is 12.1 Å². The van der Waals surface area contributed by atoms with Crippen molar-refractivity contribution < 1.29 is 27.1 Å². The lowest BCUT2D eigenvalue weighted by Gasteiger charge is -2.07. The largest absolute Gasteiger partial charge is 0.448 e. The Morgan fingerprint density at radius 1 is 1.16 bits per heavy atom. The Morgan fingerprint density at radius 2 is 1.79 bits per heavy atom. The first-order valence-corrected chi connectivity index (χ1v) is 5.10. The Labute approximate surface area is 105 Å². The van der Waals surface area contributed by atoms with E-state index in [1.54, 1.807) is 0 Å². The molecule has 0 spiro atoms. The molecule has 0 atom stereocenters. The van der Waals surface area contributed by atoms with Gasteiger partial charge in [-0.05, 0) is 30.3 Å². The van der Waals surface area contributed by atoms with Gasteiger partial charge in [0.05, 0.1) is 11.8 Å². The van der Waals surface area contributed by atoms with E-state index in [0.717, 1.165) is 24.3 Å². The van der Waals surface area contributed by atoms with Crippen LogP contribution in [0.3, 0.4) is 0 Å². The molecule has 0 unspecified atom stereocenters. The number of alkyl halides is 3. The zero-order chi connectivity index (χ0) is 14.0. The van der Waals surface area contributed by atoms with Gasteiger partial charge in [-0.1, -0.05) is 0 Å². The molecule has 0 radical (unpaired) electrons. The molecule has 4 nitrogen and oxygen atoms in total. The van der Waals surface area contributed by atoms with Gasteiger partial charge in [0.15, 0.2) is 0 Å². The molecule has 0 saturated heterocycles. The van der Waals surface area contributed by atoms with Crippen LogP contribution in [0.1, 0.15) is 15.9 Å². The molecule has 100 valence electrons. The van der Waals surface area contributed by atoms with E-state index >= 15 is 0 Å². The standard InChI is InChI=1S/C12H8F3NO3/c13-12(14,15)7-1-3-8(4-2-7)19-11(17)9-5-6-18-10(9)16/h1-6H,16H2. The van der Waals surface area contributed by atoms with Gasteiger partial charge in [-0.25, -0.2) is 4.79 Å². The first-order valence-electron chi connectivity index (χ1n) is 5.10. The van der Waals surface area contributed by atoms with Gasteiger partial charge in [0.1, 0.15) is 11.3 Å². The highest BCUT2D eigenvalue weighted by atomic mass is 19.4. The third-order valence-electron chi connectivity index (χ3n) is 2.31. The van der Waals surface area contributed by atoms with Gasteiger partial charge in [0.25, 0.3) is 0 Å². The second-order valence-corrected chi connectivity index (χ2v) is 3.61. The number of hydrogen-bond acceptors (Lipinski definition) is 4. The normalized spacial score (nSPS) is 11.3. The monoisotopic (exact) mass is 271 g/mol. The lowest BCUT2D eigenvalue weighted by atomic mass is 10.2. The number of esters is 1. The van der Waals surface area contributed by atoms with Crippen LogP contribution < -0.4 is 10.5 Å². The van der Waals surface area contributed by atoms with E-state index in [4.69, 9.17) is 14.9 Å². The van der Waals surface area contributed by atoms with Crippen molar-refractivity contribution in [1.82, 2.24) is 0 Å². The molecule has 7 heteroatoms. The number of carbonyl (C=O) groups is 1. The van der Waals surface area contributed by atoms with Gasteiger partial charge in [-0.3, -0.25) is 0 Å². The van der Waals surface area contributed by atoms with Gasteiger partial charge in [0, 0.05) is 0 Å². The van der Waals surface area contributed by atoms with Crippen molar-refractivity contribution in [2.45, 2.75) is 6.18 Å². The summed E-state index contributed by atoms with van der Waals surface area (Å²) in [6.07, 6.45) is -3.23. The summed E-state index contributed by atoms with van der Waals surface area (Å²) in [6.45, 7) is 0. The molecule has 2 N–H and O–H groups in total. The van der Waals surface area contributed by atoms with Crippen LogP contribution in [0, 0.1) is 0 Å². The van der Waals surface area contributed by atoms with E-state index in [-0.39, 0.29) is 17.2 Å². The molecule has 0 amide bonds. The highest BCUT2D eigenvalue weighted by Gasteiger charge is 2.30. The number of nitrogens with two attached hydrogens (primary N) is 1. The molecule has 1 aromatic heterocycles. The van der Waals surface area contributed by atoms with Gasteiger partial charge < -0.3 is 14.9 Å². The lowest BCUT2D eigenvalue weighted by molar-refractivity contribution is -0.137. The fourth-order valence-electron chi connectivity index (χ4n) is 1.36. The van der Waals surface area contributed by atoms with Crippen LogP contribution in [0.15, 0.2) is 41.0 Å². The Bertz CT molecular complexity index is 587. The minimum absolute atomic E-state index is 0.0138. The van der Waals surface area contributed by atoms with E-state index in [1.807, 2.05) is 0 Å². The van der Waals surface area contributed by atoms with Crippen LogP contribution in [0.4, 0.5) is 19.1 Å². The maximum atomic E-state index is 12.3. The summed E-state index contributed by atoms with van der Waals surface area (Å²) in [7, 11) is 0. The molecule has 0 aliphatic rings. The zero-order valence-electron chi connectivity index (χ0n) is 9.40. The molecule has 2 aromatic rings. The summed E-state index contributed by atoms with van der Waals surface area (Å²) >= 11 is 0. The molecule has 1 heterocycles. The third-order valence-corrected chi connectivity index (χ3v) is 2.31. The summed E-state index contributed by atoms with van der Waals surface area (Å²) in [5.74, 6) is -0.929. The SMILES string of the molecule is Nc1occc1C(=O)Oc1ccc(C(F)(F)F)cc1. The minimum Gasteiger partial charge on any atom is -0.448 e. The third kappa shape index (κ3) is 2.87. The number of benzene rings is 1. The summed E-state index contributed by atoms with van der Waals surface area (Å²) in [4.78, 5) is 11.6. The van der Waals surface area contributed by atoms with Crippen LogP contribution in [0.5, 0.6) is 5.75 Å². The number of hydrogen-bond donors (Lipinski definition) is 1. The topological polar surface area (TPSA) is 65.5 Å². The van der Waals surface area contributed by atoms with Crippen molar-refractivity contribution in [2.24, 2.45) is 0 Å². The van der Waals surface area contributed by atoms with Crippen LogP contribution in [0.2, 0.25) is 0 Å². The second-order valence-electron chi connectivity index (χ2n) is 3.61. The number of ether oxygens (including phenoxy) is 1. The number of halogens is 3. The molecule has 0 bridgehead atoms. The maximum absolute atomic E-state index is 12.3. The van der Waals surface area contributed by atoms with Crippen molar-refractivity contribution in [3.8, 4) is 5.75 Å². The highest BCUT2D eigenvalue weighted by molar-refractivity contribution is 5.95. The van der Waals surface area contributed by atoms with Gasteiger partial charge in [0.2, 0.25) is 5.88 Å². The Kier molecular flexibility index (Phi) is 3.20. The van der Waals surface area contributed by atoms with Crippen molar-refractivity contribution >= 4 is 11.9 Å². The molecule has 2 rings (SSSR count). The van der Waals surface area contributed by atoms with Gasteiger partial charge in [-0.2, -0.15) is 13.2 Å². The van der Waals surface area contributed by atoms with Crippen molar-refractivity contribution in [1.29, 1.82) is 0 Å². The predicted octanol–water partition coefficient (Wildman–Crippen LogP) is 3.10. The first-order chi connectivity index (χ1) is 8.88. The molecule has 1 aromatic carbocycles. The van der Waals surface area contributed by atoms with Crippen molar-refractivity contribution in [3.63, 3.8) is 0 Å². The fraction of sp³-hybridized carbons (Fsp3) is 0.0833. The fourth-order valence-corrected chi connectivity index (χ4v) is 1.36. The summed E-state index contributed by atoms with van der Waals surface area (Å²) in [5.41, 5.74) is 4.55. The van der Waals surface area contributed by atoms with E-state index in [1.165, 1.54) is 12.3 Å². The Balaban J connectivity index is 2.12. The molecule has 0 fully saturated rings. The average molecular weight is 271 g/mol. The van der Waals surface area contributed by atoms with Crippen LogP contribution >= 0.6 is 0 Å². The highest BCUT2D eigenvalue weighted by Crippen LogP contribution is 2.30. The molecule has 0 saturated carbocycles. The predicted molar refractivity (Wildman–Crippen MR) is 59.5 cm³/mol. The van der Waals surface area contributed by atoms with Crippen LogP contribution in [0.25, 0.3) is 0 Å². The number of carbonyl (C=O) groups excluding carboxylic acids is 1. The van der Waals surface area contributed by atoms with E-state index in [0.29, 0.717) is 0 Å². The van der Waals surface area contributed by atoms with Crippen molar-refractivity contribution in [3.05, 3.63) is 47.7 Å². The molecular formula is C12H8F3NO3. The zero-order valence-corrected chi connectivity index (χ0v) is 9.40. The number of nitrogen functional groups attached to an aromatic ring is 1. The number of rotatable bonds is 2. The summed E-state index contributed by atoms with van der Waals surface area (Å²) in [5, 5.41) is 0. The van der Waals surface area contributed by atoms with E-state index in [9.17, 15) is 18.0 Å². The molecule has 0 aliphatic carbocycles. The summed E-state index contributed by atoms with van der Waals surface area (Å²) in [6, 6.07) is 5.05. The quantitative estimate of drug-likeness (QED) is 0.673. The van der Waals surface area contributed by atoms with Gasteiger partial charge in [-0.15, -0.1) is 0 Å². The molecule has 19 heavy (non-hydrogen) atoms. The molecule has 0 aliphatic heterocycles. The average Bonchev–Trinajstić information content (AvgIpc) is 2.75.